The highest BCUT2D eigenvalue weighted by Crippen LogP contribution is 2.27. The molecule has 0 aliphatic carbocycles. The summed E-state index contributed by atoms with van der Waals surface area (Å²) in [5.74, 6) is -0.148. The van der Waals surface area contributed by atoms with Crippen molar-refractivity contribution < 1.29 is 19.4 Å². The first-order valence-corrected chi connectivity index (χ1v) is 6.75. The lowest BCUT2D eigenvalue weighted by molar-refractivity contribution is -0.145. The quantitative estimate of drug-likeness (QED) is 0.888. The summed E-state index contributed by atoms with van der Waals surface area (Å²) in [4.78, 5) is 11.4. The molecule has 5 heteroatoms. The predicted molar refractivity (Wildman–Crippen MR) is 80.2 cm³/mol. The van der Waals surface area contributed by atoms with E-state index in [9.17, 15) is 9.90 Å². The summed E-state index contributed by atoms with van der Waals surface area (Å²) in [5, 5.41) is 9.89. The van der Waals surface area contributed by atoms with Crippen molar-refractivity contribution in [3.63, 3.8) is 0 Å². The number of carboxylic acid groups (broad SMARTS) is 1. The fourth-order valence-electron chi connectivity index (χ4n) is 1.93. The van der Waals surface area contributed by atoms with E-state index in [4.69, 9.17) is 21.1 Å². The standard InChI is InChI=1S/C16H15ClO4/c1-20-13-7-2-3-8-14(13)21-15(16(18)19)10-11-5-4-6-12(17)9-11/h2-9,15H,10H2,1H3,(H,18,19)/t15-/m0/s1. The molecule has 0 fully saturated rings. The Morgan fingerprint density at radius 1 is 1.19 bits per heavy atom. The van der Waals surface area contributed by atoms with E-state index in [-0.39, 0.29) is 6.42 Å². The number of hydrogen-bond acceptors (Lipinski definition) is 3. The van der Waals surface area contributed by atoms with Gasteiger partial charge in [-0.15, -0.1) is 0 Å². The van der Waals surface area contributed by atoms with Crippen LogP contribution in [0.5, 0.6) is 11.5 Å². The summed E-state index contributed by atoms with van der Waals surface area (Å²) in [6, 6.07) is 14.0. The Hall–Kier alpha value is -2.20. The van der Waals surface area contributed by atoms with Crippen molar-refractivity contribution in [2.24, 2.45) is 0 Å². The van der Waals surface area contributed by atoms with Gasteiger partial charge in [0, 0.05) is 11.4 Å². The Morgan fingerprint density at radius 2 is 1.90 bits per heavy atom. The number of aliphatic carboxylic acids is 1. The number of halogens is 1. The second-order valence-corrected chi connectivity index (χ2v) is 4.87. The van der Waals surface area contributed by atoms with Crippen LogP contribution in [-0.2, 0) is 11.2 Å². The van der Waals surface area contributed by atoms with Gasteiger partial charge in [-0.3, -0.25) is 0 Å². The molecule has 110 valence electrons. The van der Waals surface area contributed by atoms with Crippen LogP contribution in [-0.4, -0.2) is 24.3 Å². The Labute approximate surface area is 127 Å². The lowest BCUT2D eigenvalue weighted by atomic mass is 10.1. The van der Waals surface area contributed by atoms with Gasteiger partial charge in [0.2, 0.25) is 0 Å². The number of ether oxygens (including phenoxy) is 2. The number of benzene rings is 2. The van der Waals surface area contributed by atoms with Crippen LogP contribution < -0.4 is 9.47 Å². The Balaban J connectivity index is 2.18. The van der Waals surface area contributed by atoms with E-state index < -0.39 is 12.1 Å². The molecule has 2 aromatic rings. The molecule has 0 radical (unpaired) electrons. The van der Waals surface area contributed by atoms with Crippen molar-refractivity contribution >= 4 is 17.6 Å². The van der Waals surface area contributed by atoms with Crippen LogP contribution in [0.1, 0.15) is 5.56 Å². The first-order valence-electron chi connectivity index (χ1n) is 6.37. The minimum Gasteiger partial charge on any atom is -0.493 e. The molecular formula is C16H15ClO4. The van der Waals surface area contributed by atoms with Crippen LogP contribution >= 0.6 is 11.6 Å². The van der Waals surface area contributed by atoms with Gasteiger partial charge in [0.1, 0.15) is 0 Å². The van der Waals surface area contributed by atoms with Crippen molar-refractivity contribution in [1.82, 2.24) is 0 Å². The number of carboxylic acids is 1. The highest BCUT2D eigenvalue weighted by atomic mass is 35.5. The van der Waals surface area contributed by atoms with Gasteiger partial charge in [0.25, 0.3) is 0 Å². The maximum atomic E-state index is 11.4. The summed E-state index contributed by atoms with van der Waals surface area (Å²) in [6.07, 6.45) is -0.798. The summed E-state index contributed by atoms with van der Waals surface area (Å²) >= 11 is 5.91. The number of para-hydroxylation sites is 2. The predicted octanol–water partition coefficient (Wildman–Crippen LogP) is 3.42. The molecular weight excluding hydrogens is 292 g/mol. The van der Waals surface area contributed by atoms with E-state index in [0.29, 0.717) is 16.5 Å². The molecule has 0 unspecified atom stereocenters. The Morgan fingerprint density at radius 3 is 2.52 bits per heavy atom. The van der Waals surface area contributed by atoms with Crippen molar-refractivity contribution in [3.8, 4) is 11.5 Å². The van der Waals surface area contributed by atoms with Crippen LogP contribution in [0.2, 0.25) is 5.02 Å². The lowest BCUT2D eigenvalue weighted by Crippen LogP contribution is -2.29. The molecule has 1 atom stereocenters. The molecule has 0 saturated heterocycles. The van der Waals surface area contributed by atoms with E-state index in [1.54, 1.807) is 42.5 Å². The van der Waals surface area contributed by atoms with Gasteiger partial charge in [0.15, 0.2) is 17.6 Å². The largest absolute Gasteiger partial charge is 0.493 e. The van der Waals surface area contributed by atoms with Gasteiger partial charge < -0.3 is 14.6 Å². The van der Waals surface area contributed by atoms with E-state index in [0.717, 1.165) is 5.56 Å². The van der Waals surface area contributed by atoms with Crippen LogP contribution in [0, 0.1) is 0 Å². The number of methoxy groups -OCH3 is 1. The van der Waals surface area contributed by atoms with Gasteiger partial charge in [-0.1, -0.05) is 35.9 Å². The third kappa shape index (κ3) is 4.13. The smallest absolute Gasteiger partial charge is 0.345 e. The maximum Gasteiger partial charge on any atom is 0.345 e. The number of carbonyl (C=O) groups is 1. The molecule has 4 nitrogen and oxygen atoms in total. The lowest BCUT2D eigenvalue weighted by Gasteiger charge is -2.17. The van der Waals surface area contributed by atoms with Crippen molar-refractivity contribution in [2.75, 3.05) is 7.11 Å². The molecule has 0 aromatic heterocycles. The second-order valence-electron chi connectivity index (χ2n) is 4.43. The first-order chi connectivity index (χ1) is 10.1. The average molecular weight is 307 g/mol. The van der Waals surface area contributed by atoms with Gasteiger partial charge in [-0.25, -0.2) is 4.79 Å². The zero-order chi connectivity index (χ0) is 15.2. The van der Waals surface area contributed by atoms with Crippen LogP contribution in [0.3, 0.4) is 0 Å². The van der Waals surface area contributed by atoms with Gasteiger partial charge >= 0.3 is 5.97 Å². The first kappa shape index (κ1) is 15.2. The monoisotopic (exact) mass is 306 g/mol. The molecule has 0 aliphatic heterocycles. The Bertz CT molecular complexity index is 627. The molecule has 21 heavy (non-hydrogen) atoms. The SMILES string of the molecule is COc1ccccc1O[C@@H](Cc1cccc(Cl)c1)C(=O)O. The minimum atomic E-state index is -1.04. The average Bonchev–Trinajstić information content (AvgIpc) is 2.47. The third-order valence-corrected chi connectivity index (χ3v) is 3.16. The second kappa shape index (κ2) is 6.99. The minimum absolute atomic E-state index is 0.216. The summed E-state index contributed by atoms with van der Waals surface area (Å²) in [7, 11) is 1.51. The summed E-state index contributed by atoms with van der Waals surface area (Å²) in [6.45, 7) is 0. The van der Waals surface area contributed by atoms with Crippen molar-refractivity contribution in [3.05, 3.63) is 59.1 Å². The molecule has 2 rings (SSSR count). The van der Waals surface area contributed by atoms with E-state index in [1.165, 1.54) is 7.11 Å². The molecule has 0 bridgehead atoms. The maximum absolute atomic E-state index is 11.4. The zero-order valence-corrected chi connectivity index (χ0v) is 12.2. The molecule has 1 N–H and O–H groups in total. The molecule has 0 amide bonds. The van der Waals surface area contributed by atoms with Crippen LogP contribution in [0.15, 0.2) is 48.5 Å². The number of rotatable bonds is 6. The third-order valence-electron chi connectivity index (χ3n) is 2.92. The zero-order valence-electron chi connectivity index (χ0n) is 11.5. The molecule has 0 saturated carbocycles. The normalized spacial score (nSPS) is 11.7. The molecule has 0 aliphatic rings. The van der Waals surface area contributed by atoms with Gasteiger partial charge in [0.05, 0.1) is 7.11 Å². The van der Waals surface area contributed by atoms with Crippen molar-refractivity contribution in [2.45, 2.75) is 12.5 Å². The highest BCUT2D eigenvalue weighted by Gasteiger charge is 2.21. The van der Waals surface area contributed by atoms with E-state index in [1.807, 2.05) is 6.07 Å². The van der Waals surface area contributed by atoms with Crippen LogP contribution in [0.4, 0.5) is 0 Å². The van der Waals surface area contributed by atoms with Gasteiger partial charge in [-0.05, 0) is 29.8 Å². The summed E-state index contributed by atoms with van der Waals surface area (Å²) < 4.78 is 10.7. The van der Waals surface area contributed by atoms with Crippen LogP contribution in [0.25, 0.3) is 0 Å². The van der Waals surface area contributed by atoms with Crippen molar-refractivity contribution in [1.29, 1.82) is 0 Å². The molecule has 0 heterocycles. The van der Waals surface area contributed by atoms with E-state index in [2.05, 4.69) is 0 Å². The molecule has 2 aromatic carbocycles. The Kier molecular flexibility index (Phi) is 5.06. The highest BCUT2D eigenvalue weighted by molar-refractivity contribution is 6.30. The number of hydrogen-bond donors (Lipinski definition) is 1. The molecule has 0 spiro atoms. The fraction of sp³-hybridized carbons (Fsp3) is 0.188. The van der Waals surface area contributed by atoms with Gasteiger partial charge in [-0.2, -0.15) is 0 Å². The fourth-order valence-corrected chi connectivity index (χ4v) is 2.14. The summed E-state index contributed by atoms with van der Waals surface area (Å²) in [5.41, 5.74) is 0.796. The van der Waals surface area contributed by atoms with E-state index >= 15 is 0 Å². The topological polar surface area (TPSA) is 55.8 Å².